The molecule has 1 heterocycles. The van der Waals surface area contributed by atoms with Crippen molar-refractivity contribution in [2.24, 2.45) is 21.7 Å². The molecule has 108 valence electrons. The maximum atomic E-state index is 11.9. The number of aromatic nitrogens is 2. The molecule has 0 aliphatic rings. The van der Waals surface area contributed by atoms with Crippen molar-refractivity contribution in [1.29, 1.82) is 0 Å². The van der Waals surface area contributed by atoms with E-state index < -0.39 is 11.5 Å². The van der Waals surface area contributed by atoms with Gasteiger partial charge in [-0.15, -0.1) is 5.11 Å². The van der Waals surface area contributed by atoms with E-state index in [1.807, 2.05) is 0 Å². The highest BCUT2D eigenvalue weighted by Gasteiger charge is 2.11. The summed E-state index contributed by atoms with van der Waals surface area (Å²) in [6.07, 6.45) is 0. The molecule has 0 aliphatic heterocycles. The first-order valence-corrected chi connectivity index (χ1v) is 6.24. The Kier molecular flexibility index (Phi) is 3.94. The van der Waals surface area contributed by atoms with Crippen molar-refractivity contribution in [2.75, 3.05) is 0 Å². The maximum absolute atomic E-state index is 11.9. The molecule has 0 bridgehead atoms. The molecule has 2 rings (SSSR count). The van der Waals surface area contributed by atoms with Gasteiger partial charge in [-0.1, -0.05) is 0 Å². The molecule has 5 N–H and O–H groups in total. The number of rotatable bonds is 3. The zero-order chi connectivity index (χ0) is 15.6. The first kappa shape index (κ1) is 14.6. The number of aromatic amines is 1. The Hall–Kier alpha value is -2.81. The van der Waals surface area contributed by atoms with Crippen molar-refractivity contribution in [1.82, 2.24) is 9.78 Å². The van der Waals surface area contributed by atoms with E-state index in [-0.39, 0.29) is 10.8 Å². The molecule has 0 atom stereocenters. The highest BCUT2D eigenvalue weighted by Crippen LogP contribution is 2.18. The van der Waals surface area contributed by atoms with Crippen LogP contribution in [0.25, 0.3) is 0 Å². The summed E-state index contributed by atoms with van der Waals surface area (Å²) in [5.41, 5.74) is 11.5. The molecule has 9 heteroatoms. The summed E-state index contributed by atoms with van der Waals surface area (Å²) in [4.78, 5) is 22.9. The van der Waals surface area contributed by atoms with Gasteiger partial charge in [0.25, 0.3) is 0 Å². The van der Waals surface area contributed by atoms with Gasteiger partial charge in [0.15, 0.2) is 10.8 Å². The van der Waals surface area contributed by atoms with Crippen LogP contribution in [0.4, 0.5) is 11.4 Å². The second-order valence-electron chi connectivity index (χ2n) is 4.18. The molecule has 0 aliphatic carbocycles. The molecule has 0 fully saturated rings. The van der Waals surface area contributed by atoms with Crippen molar-refractivity contribution < 1.29 is 4.79 Å². The van der Waals surface area contributed by atoms with Crippen LogP contribution >= 0.6 is 12.2 Å². The number of nitrogens with one attached hydrogen (secondary N) is 1. The second kappa shape index (κ2) is 5.67. The molecule has 1 amide bonds. The van der Waals surface area contributed by atoms with E-state index in [2.05, 4.69) is 15.3 Å². The van der Waals surface area contributed by atoms with Crippen LogP contribution in [0.2, 0.25) is 0 Å². The Morgan fingerprint density at radius 3 is 2.33 bits per heavy atom. The minimum Gasteiger partial charge on any atom is -0.374 e. The number of benzene rings is 1. The van der Waals surface area contributed by atoms with E-state index in [1.54, 1.807) is 19.1 Å². The number of thiocarbonyl (C=S) groups is 1. The van der Waals surface area contributed by atoms with E-state index in [1.165, 1.54) is 12.1 Å². The lowest BCUT2D eigenvalue weighted by atomic mass is 10.2. The van der Waals surface area contributed by atoms with Crippen LogP contribution < -0.4 is 17.0 Å². The van der Waals surface area contributed by atoms with Crippen LogP contribution in [0.3, 0.4) is 0 Å². The predicted octanol–water partition coefficient (Wildman–Crippen LogP) is 1.09. The fourth-order valence-corrected chi connectivity index (χ4v) is 1.74. The van der Waals surface area contributed by atoms with Gasteiger partial charge in [-0.2, -0.15) is 9.80 Å². The first-order chi connectivity index (χ1) is 9.90. The number of H-pyrrole nitrogens is 1. The molecule has 0 saturated carbocycles. The summed E-state index contributed by atoms with van der Waals surface area (Å²) in [7, 11) is 0. The highest BCUT2D eigenvalue weighted by molar-refractivity contribution is 7.80. The third kappa shape index (κ3) is 3.03. The zero-order valence-corrected chi connectivity index (χ0v) is 11.8. The van der Waals surface area contributed by atoms with Gasteiger partial charge in [-0.3, -0.25) is 14.7 Å². The fraction of sp³-hybridized carbons (Fsp3) is 0.0833. The first-order valence-electron chi connectivity index (χ1n) is 5.83. The lowest BCUT2D eigenvalue weighted by Crippen LogP contribution is -2.29. The molecular weight excluding hydrogens is 292 g/mol. The summed E-state index contributed by atoms with van der Waals surface area (Å²) in [5, 5.41) is 10.4. The van der Waals surface area contributed by atoms with Crippen LogP contribution in [0, 0.1) is 6.92 Å². The standard InChI is InChI=1S/C12H12N6O2S/c1-6-9(11(20)18(17-6)12(14)21)16-15-8-4-2-7(3-5-8)10(13)19/h2-5,17H,1H3,(H2,13,19)(H2,14,21). The van der Waals surface area contributed by atoms with E-state index in [0.717, 1.165) is 4.68 Å². The molecule has 21 heavy (non-hydrogen) atoms. The molecule has 1 aromatic carbocycles. The Balaban J connectivity index is 2.31. The summed E-state index contributed by atoms with van der Waals surface area (Å²) >= 11 is 4.73. The lowest BCUT2D eigenvalue weighted by Gasteiger charge is -1.95. The van der Waals surface area contributed by atoms with Crippen LogP contribution in [0.5, 0.6) is 0 Å². The minimum atomic E-state index is -0.528. The number of azo groups is 1. The second-order valence-corrected chi connectivity index (χ2v) is 4.59. The van der Waals surface area contributed by atoms with Crippen LogP contribution in [0.15, 0.2) is 39.3 Å². The average Bonchev–Trinajstić information content (AvgIpc) is 2.72. The number of carbonyl (C=O) groups excluding carboxylic acids is 1. The Morgan fingerprint density at radius 1 is 1.24 bits per heavy atom. The van der Waals surface area contributed by atoms with Gasteiger partial charge in [0.1, 0.15) is 0 Å². The highest BCUT2D eigenvalue weighted by atomic mass is 32.1. The van der Waals surface area contributed by atoms with Crippen molar-refractivity contribution in [3.63, 3.8) is 0 Å². The third-order valence-corrected chi connectivity index (χ3v) is 2.86. The van der Waals surface area contributed by atoms with Crippen molar-refractivity contribution >= 4 is 34.6 Å². The number of aryl methyl sites for hydroxylation is 1. The third-order valence-electron chi connectivity index (χ3n) is 2.68. The average molecular weight is 304 g/mol. The molecular formula is C12H12N6O2S. The predicted molar refractivity (Wildman–Crippen MR) is 81.1 cm³/mol. The molecule has 8 nitrogen and oxygen atoms in total. The molecule has 0 spiro atoms. The molecule has 0 radical (unpaired) electrons. The number of hydrogen-bond acceptors (Lipinski definition) is 5. The molecule has 1 aromatic heterocycles. The molecule has 2 aromatic rings. The molecule has 0 saturated heterocycles. The summed E-state index contributed by atoms with van der Waals surface area (Å²) in [6, 6.07) is 6.18. The van der Waals surface area contributed by atoms with Gasteiger partial charge in [0.2, 0.25) is 5.91 Å². The number of carbonyl (C=O) groups is 1. The normalized spacial score (nSPS) is 10.9. The van der Waals surface area contributed by atoms with Gasteiger partial charge in [-0.05, 0) is 43.4 Å². The van der Waals surface area contributed by atoms with Gasteiger partial charge in [0, 0.05) is 5.56 Å². The Morgan fingerprint density at radius 2 is 1.86 bits per heavy atom. The summed E-state index contributed by atoms with van der Waals surface area (Å²) < 4.78 is 1.01. The maximum Gasteiger partial charge on any atom is 0.301 e. The number of hydrogen-bond donors (Lipinski definition) is 3. The van der Waals surface area contributed by atoms with E-state index in [0.29, 0.717) is 16.9 Å². The van der Waals surface area contributed by atoms with E-state index in [4.69, 9.17) is 23.7 Å². The van der Waals surface area contributed by atoms with Gasteiger partial charge in [-0.25, -0.2) is 0 Å². The number of amides is 1. The van der Waals surface area contributed by atoms with Crippen LogP contribution in [0.1, 0.15) is 16.1 Å². The number of primary amides is 1. The Labute approximate surface area is 124 Å². The van der Waals surface area contributed by atoms with Crippen molar-refractivity contribution in [3.05, 3.63) is 45.9 Å². The van der Waals surface area contributed by atoms with Crippen molar-refractivity contribution in [3.8, 4) is 0 Å². The zero-order valence-electron chi connectivity index (χ0n) is 11.0. The summed E-state index contributed by atoms with van der Waals surface area (Å²) in [6.45, 7) is 1.65. The smallest absolute Gasteiger partial charge is 0.301 e. The number of nitrogens with two attached hydrogens (primary N) is 2. The van der Waals surface area contributed by atoms with Crippen LogP contribution in [-0.2, 0) is 0 Å². The van der Waals surface area contributed by atoms with E-state index >= 15 is 0 Å². The fourth-order valence-electron chi connectivity index (χ4n) is 1.61. The van der Waals surface area contributed by atoms with Crippen LogP contribution in [-0.4, -0.2) is 20.8 Å². The molecule has 0 unspecified atom stereocenters. The van der Waals surface area contributed by atoms with Gasteiger partial charge < -0.3 is 11.5 Å². The monoisotopic (exact) mass is 304 g/mol. The quantitative estimate of drug-likeness (QED) is 0.578. The van der Waals surface area contributed by atoms with Gasteiger partial charge >= 0.3 is 5.56 Å². The van der Waals surface area contributed by atoms with Gasteiger partial charge in [0.05, 0.1) is 11.4 Å². The topological polar surface area (TPSA) is 132 Å². The minimum absolute atomic E-state index is 0.102. The van der Waals surface area contributed by atoms with Crippen molar-refractivity contribution in [2.45, 2.75) is 6.92 Å². The lowest BCUT2D eigenvalue weighted by molar-refractivity contribution is 0.100. The SMILES string of the molecule is Cc1[nH]n(C(N)=S)c(=O)c1N=Nc1ccc(C(N)=O)cc1. The largest absolute Gasteiger partial charge is 0.374 e. The summed E-state index contributed by atoms with van der Waals surface area (Å²) in [5.74, 6) is -0.528. The Bertz CT molecular complexity index is 787. The van der Waals surface area contributed by atoms with E-state index in [9.17, 15) is 9.59 Å². The number of nitrogens with zero attached hydrogens (tertiary/aromatic N) is 3.